The predicted octanol–water partition coefficient (Wildman–Crippen LogP) is 2.80. The number of anilines is 1. The molecule has 0 amide bonds. The summed E-state index contributed by atoms with van der Waals surface area (Å²) < 4.78 is 13.4. The SMILES string of the molecule is CCOC(=O)C1=C(C)N=c2s/c(=C\c3ccc(N4CCN(C)CC4)o3)c(=O)n2C1c1ccc(Cl)cc1. The number of aromatic nitrogens is 1. The van der Waals surface area contributed by atoms with Crippen molar-refractivity contribution >= 4 is 40.9 Å². The Bertz CT molecular complexity index is 1490. The maximum Gasteiger partial charge on any atom is 0.338 e. The Balaban J connectivity index is 1.58. The van der Waals surface area contributed by atoms with Crippen LogP contribution in [-0.4, -0.2) is 55.3 Å². The fourth-order valence-electron chi connectivity index (χ4n) is 4.50. The van der Waals surface area contributed by atoms with Crippen LogP contribution in [0.15, 0.2) is 61.9 Å². The van der Waals surface area contributed by atoms with Gasteiger partial charge in [0.25, 0.3) is 5.56 Å². The molecule has 0 aliphatic carbocycles. The van der Waals surface area contributed by atoms with Crippen LogP contribution in [0.5, 0.6) is 0 Å². The number of thiazole rings is 1. The van der Waals surface area contributed by atoms with Crippen LogP contribution in [0.25, 0.3) is 6.08 Å². The molecule has 8 nitrogen and oxygen atoms in total. The highest BCUT2D eigenvalue weighted by Gasteiger charge is 2.33. The molecule has 188 valence electrons. The highest BCUT2D eigenvalue weighted by Crippen LogP contribution is 2.31. The lowest BCUT2D eigenvalue weighted by molar-refractivity contribution is -0.139. The number of halogens is 1. The molecule has 36 heavy (non-hydrogen) atoms. The molecule has 3 aromatic rings. The van der Waals surface area contributed by atoms with Crippen LogP contribution in [0, 0.1) is 0 Å². The molecule has 1 unspecified atom stereocenters. The number of piperazine rings is 1. The standard InChI is InChI=1S/C26H27ClN4O4S/c1-4-34-25(33)22-16(2)28-26-31(23(22)17-5-7-18(27)8-6-17)24(32)20(36-26)15-19-9-10-21(35-19)30-13-11-29(3)12-14-30/h5-10,15,23H,4,11-14H2,1-3H3/b20-15-. The average molecular weight is 527 g/mol. The second kappa shape index (κ2) is 10.1. The van der Waals surface area contributed by atoms with Gasteiger partial charge in [-0.1, -0.05) is 35.1 Å². The van der Waals surface area contributed by atoms with Crippen LogP contribution >= 0.6 is 22.9 Å². The maximum atomic E-state index is 13.7. The summed E-state index contributed by atoms with van der Waals surface area (Å²) in [6.07, 6.45) is 1.74. The van der Waals surface area contributed by atoms with Gasteiger partial charge in [0, 0.05) is 43.3 Å². The summed E-state index contributed by atoms with van der Waals surface area (Å²) in [6, 6.07) is 10.3. The number of allylic oxidation sites excluding steroid dienone is 1. The first-order valence-corrected chi connectivity index (χ1v) is 13.0. The summed E-state index contributed by atoms with van der Waals surface area (Å²) in [6.45, 7) is 7.47. The van der Waals surface area contributed by atoms with Gasteiger partial charge in [0.05, 0.1) is 28.5 Å². The van der Waals surface area contributed by atoms with Crippen molar-refractivity contribution in [3.8, 4) is 0 Å². The van der Waals surface area contributed by atoms with Crippen molar-refractivity contribution in [3.63, 3.8) is 0 Å². The highest BCUT2D eigenvalue weighted by atomic mass is 35.5. The van der Waals surface area contributed by atoms with Gasteiger partial charge in [0.1, 0.15) is 5.76 Å². The molecule has 1 atom stereocenters. The molecular formula is C26H27ClN4O4S. The maximum absolute atomic E-state index is 13.7. The van der Waals surface area contributed by atoms with E-state index >= 15 is 0 Å². The van der Waals surface area contributed by atoms with Gasteiger partial charge < -0.3 is 19.0 Å². The topological polar surface area (TPSA) is 80.3 Å². The smallest absolute Gasteiger partial charge is 0.338 e. The van der Waals surface area contributed by atoms with Gasteiger partial charge in [0.15, 0.2) is 10.7 Å². The zero-order chi connectivity index (χ0) is 25.4. The zero-order valence-electron chi connectivity index (χ0n) is 20.4. The van der Waals surface area contributed by atoms with E-state index in [1.54, 1.807) is 36.6 Å². The van der Waals surface area contributed by atoms with E-state index in [-0.39, 0.29) is 12.2 Å². The summed E-state index contributed by atoms with van der Waals surface area (Å²) in [5.74, 6) is 0.899. The summed E-state index contributed by atoms with van der Waals surface area (Å²) in [5.41, 5.74) is 1.37. The molecule has 10 heteroatoms. The van der Waals surface area contributed by atoms with E-state index in [4.69, 9.17) is 20.8 Å². The number of hydrogen-bond donors (Lipinski definition) is 0. The van der Waals surface area contributed by atoms with Gasteiger partial charge in [-0.3, -0.25) is 9.36 Å². The van der Waals surface area contributed by atoms with Crippen LogP contribution in [0.4, 0.5) is 5.88 Å². The summed E-state index contributed by atoms with van der Waals surface area (Å²) in [5, 5.41) is 0.568. The van der Waals surface area contributed by atoms with Gasteiger partial charge in [-0.2, -0.15) is 0 Å². The fraction of sp³-hybridized carbons (Fsp3) is 0.346. The average Bonchev–Trinajstić information content (AvgIpc) is 3.44. The lowest BCUT2D eigenvalue weighted by Crippen LogP contribution is -2.44. The van der Waals surface area contributed by atoms with Crippen molar-refractivity contribution < 1.29 is 13.9 Å². The lowest BCUT2D eigenvalue weighted by atomic mass is 9.96. The number of ether oxygens (including phenoxy) is 1. The van der Waals surface area contributed by atoms with Crippen LogP contribution < -0.4 is 19.8 Å². The first-order chi connectivity index (χ1) is 17.4. The van der Waals surface area contributed by atoms with E-state index in [1.807, 2.05) is 24.3 Å². The third kappa shape index (κ3) is 4.66. The minimum atomic E-state index is -0.669. The minimum Gasteiger partial charge on any atom is -0.463 e. The Morgan fingerprint density at radius 3 is 2.61 bits per heavy atom. The van der Waals surface area contributed by atoms with E-state index in [2.05, 4.69) is 21.8 Å². The normalized spacial score (nSPS) is 18.8. The number of benzene rings is 1. The van der Waals surface area contributed by atoms with E-state index in [1.165, 1.54) is 11.3 Å². The highest BCUT2D eigenvalue weighted by molar-refractivity contribution is 7.07. The molecule has 0 bridgehead atoms. The Hall–Kier alpha value is -3.14. The lowest BCUT2D eigenvalue weighted by Gasteiger charge is -2.32. The number of carbonyl (C=O) groups excluding carboxylic acids is 1. The summed E-state index contributed by atoms with van der Waals surface area (Å²) >= 11 is 7.38. The van der Waals surface area contributed by atoms with Crippen molar-refractivity contribution in [2.75, 3.05) is 44.7 Å². The molecule has 4 heterocycles. The quantitative estimate of drug-likeness (QED) is 0.476. The molecular weight excluding hydrogens is 500 g/mol. The molecule has 5 rings (SSSR count). The number of esters is 1. The molecule has 0 radical (unpaired) electrons. The van der Waals surface area contributed by atoms with E-state index in [9.17, 15) is 9.59 Å². The van der Waals surface area contributed by atoms with E-state index in [0.717, 1.165) is 37.6 Å². The molecule has 2 aliphatic rings. The van der Waals surface area contributed by atoms with Crippen LogP contribution in [-0.2, 0) is 9.53 Å². The van der Waals surface area contributed by atoms with E-state index in [0.29, 0.717) is 31.4 Å². The van der Waals surface area contributed by atoms with Crippen molar-refractivity contribution in [1.82, 2.24) is 9.47 Å². The van der Waals surface area contributed by atoms with Crippen LogP contribution in [0.3, 0.4) is 0 Å². The van der Waals surface area contributed by atoms with Crippen molar-refractivity contribution in [3.05, 3.63) is 83.7 Å². The molecule has 0 N–H and O–H groups in total. The second-order valence-electron chi connectivity index (χ2n) is 8.82. The molecule has 2 aliphatic heterocycles. The fourth-order valence-corrected chi connectivity index (χ4v) is 5.65. The van der Waals surface area contributed by atoms with Gasteiger partial charge in [-0.05, 0) is 44.7 Å². The number of nitrogens with zero attached hydrogens (tertiary/aromatic N) is 4. The number of rotatable bonds is 5. The number of carbonyl (C=O) groups is 1. The number of likely N-dealkylation sites (N-methyl/N-ethyl adjacent to an activating group) is 1. The van der Waals surface area contributed by atoms with Gasteiger partial charge in [0.2, 0.25) is 0 Å². The molecule has 0 spiro atoms. The van der Waals surface area contributed by atoms with Crippen molar-refractivity contribution in [2.24, 2.45) is 4.99 Å². The molecule has 1 fully saturated rings. The monoisotopic (exact) mass is 526 g/mol. The van der Waals surface area contributed by atoms with Crippen molar-refractivity contribution in [1.29, 1.82) is 0 Å². The first-order valence-electron chi connectivity index (χ1n) is 11.8. The Labute approximate surface area is 217 Å². The molecule has 0 saturated carbocycles. The Morgan fingerprint density at radius 2 is 1.92 bits per heavy atom. The van der Waals surface area contributed by atoms with E-state index < -0.39 is 12.0 Å². The van der Waals surface area contributed by atoms with Gasteiger partial charge >= 0.3 is 5.97 Å². The Morgan fingerprint density at radius 1 is 1.19 bits per heavy atom. The summed E-state index contributed by atoms with van der Waals surface area (Å²) in [7, 11) is 2.11. The third-order valence-corrected chi connectivity index (χ3v) is 7.64. The summed E-state index contributed by atoms with van der Waals surface area (Å²) in [4.78, 5) is 36.2. The molecule has 1 saturated heterocycles. The van der Waals surface area contributed by atoms with Crippen molar-refractivity contribution in [2.45, 2.75) is 19.9 Å². The molecule has 1 aromatic carbocycles. The first kappa shape index (κ1) is 24.5. The van der Waals surface area contributed by atoms with Gasteiger partial charge in [-0.25, -0.2) is 9.79 Å². The number of hydrogen-bond acceptors (Lipinski definition) is 8. The van der Waals surface area contributed by atoms with Crippen LogP contribution in [0.2, 0.25) is 5.02 Å². The predicted molar refractivity (Wildman–Crippen MR) is 140 cm³/mol. The van der Waals surface area contributed by atoms with Crippen LogP contribution in [0.1, 0.15) is 31.2 Å². The second-order valence-corrected chi connectivity index (χ2v) is 10.3. The minimum absolute atomic E-state index is 0.224. The number of fused-ring (bicyclic) bond motifs is 1. The Kier molecular flexibility index (Phi) is 6.87. The largest absolute Gasteiger partial charge is 0.463 e. The molecule has 2 aromatic heterocycles. The third-order valence-electron chi connectivity index (χ3n) is 6.40. The van der Waals surface area contributed by atoms with Gasteiger partial charge in [-0.15, -0.1) is 0 Å². The zero-order valence-corrected chi connectivity index (χ0v) is 21.9. The number of furan rings is 1.